The van der Waals surface area contributed by atoms with E-state index in [1.165, 1.54) is 0 Å². The number of aromatic carboxylic acids is 1. The summed E-state index contributed by atoms with van der Waals surface area (Å²) < 4.78 is 0. The van der Waals surface area contributed by atoms with Crippen molar-refractivity contribution in [2.75, 3.05) is 11.5 Å². The molecule has 1 aromatic heterocycles. The topological polar surface area (TPSA) is 53.1 Å². The molecule has 1 saturated heterocycles. The van der Waals surface area contributed by atoms with Gasteiger partial charge in [0.2, 0.25) is 0 Å². The van der Waals surface area contributed by atoms with Crippen molar-refractivity contribution in [3.05, 3.63) is 23.5 Å². The Morgan fingerprint density at radius 3 is 3.15 bits per heavy atom. The molecule has 0 saturated carbocycles. The molecule has 0 radical (unpaired) electrons. The fourth-order valence-corrected chi connectivity index (χ4v) is 2.90. The Hall–Kier alpha value is -0.900. The first-order chi connectivity index (χ1) is 6.29. The van der Waals surface area contributed by atoms with Gasteiger partial charge in [-0.05, 0) is 18.2 Å². The van der Waals surface area contributed by atoms with Crippen molar-refractivity contribution in [2.24, 2.45) is 0 Å². The van der Waals surface area contributed by atoms with Gasteiger partial charge in [-0.3, -0.25) is 0 Å². The summed E-state index contributed by atoms with van der Waals surface area (Å²) in [6, 6.07) is 1.64. The van der Waals surface area contributed by atoms with Crippen molar-refractivity contribution >= 4 is 17.7 Å². The van der Waals surface area contributed by atoms with Gasteiger partial charge in [0, 0.05) is 23.6 Å². The Morgan fingerprint density at radius 1 is 1.69 bits per heavy atom. The zero-order valence-corrected chi connectivity index (χ0v) is 7.93. The first-order valence-electron chi connectivity index (χ1n) is 4.27. The average Bonchev–Trinajstić information content (AvgIpc) is 2.74. The zero-order valence-electron chi connectivity index (χ0n) is 7.12. The third kappa shape index (κ3) is 1.58. The Kier molecular flexibility index (Phi) is 2.31. The van der Waals surface area contributed by atoms with Crippen LogP contribution in [-0.2, 0) is 0 Å². The van der Waals surface area contributed by atoms with Gasteiger partial charge in [-0.25, -0.2) is 4.79 Å². The number of nitrogens with one attached hydrogen (secondary N) is 1. The van der Waals surface area contributed by atoms with Crippen LogP contribution in [0.25, 0.3) is 0 Å². The maximum atomic E-state index is 10.8. The highest BCUT2D eigenvalue weighted by Gasteiger charge is 2.23. The number of aromatic nitrogens is 1. The third-order valence-corrected chi connectivity index (χ3v) is 3.51. The molecule has 70 valence electrons. The normalized spacial score (nSPS) is 22.0. The minimum Gasteiger partial charge on any atom is -0.478 e. The first kappa shape index (κ1) is 8.69. The van der Waals surface area contributed by atoms with Gasteiger partial charge in [0.15, 0.2) is 0 Å². The number of carboxylic acid groups (broad SMARTS) is 1. The predicted octanol–water partition coefficient (Wildman–Crippen LogP) is 1.93. The van der Waals surface area contributed by atoms with Crippen molar-refractivity contribution in [3.63, 3.8) is 0 Å². The maximum Gasteiger partial charge on any atom is 0.337 e. The number of H-pyrrole nitrogens is 1. The Labute approximate surface area is 80.5 Å². The van der Waals surface area contributed by atoms with Gasteiger partial charge < -0.3 is 10.1 Å². The van der Waals surface area contributed by atoms with E-state index >= 15 is 0 Å². The molecule has 1 fully saturated rings. The van der Waals surface area contributed by atoms with Crippen LogP contribution < -0.4 is 0 Å². The largest absolute Gasteiger partial charge is 0.478 e. The molecule has 2 N–H and O–H groups in total. The molecule has 1 aromatic rings. The molecule has 0 aromatic carbocycles. The Balaban J connectivity index is 2.28. The van der Waals surface area contributed by atoms with E-state index in [9.17, 15) is 4.79 Å². The number of hydrogen-bond acceptors (Lipinski definition) is 2. The minimum atomic E-state index is -0.826. The molecule has 1 unspecified atom stereocenters. The van der Waals surface area contributed by atoms with Crippen LogP contribution in [-0.4, -0.2) is 27.6 Å². The highest BCUT2D eigenvalue weighted by Crippen LogP contribution is 2.33. The summed E-state index contributed by atoms with van der Waals surface area (Å²) in [5.41, 5.74) is 1.34. The van der Waals surface area contributed by atoms with Gasteiger partial charge in [0.25, 0.3) is 0 Å². The second-order valence-corrected chi connectivity index (χ2v) is 4.32. The lowest BCUT2D eigenvalue weighted by Gasteiger charge is -2.06. The van der Waals surface area contributed by atoms with Gasteiger partial charge in [-0.2, -0.15) is 11.8 Å². The van der Waals surface area contributed by atoms with Crippen LogP contribution in [0.15, 0.2) is 12.3 Å². The standard InChI is InChI=1S/C9H11NO2S/c11-9(12)7-1-3-10-8(7)6-2-4-13-5-6/h1,3,6,10H,2,4-5H2,(H,11,12). The first-order valence-corrected chi connectivity index (χ1v) is 5.43. The van der Waals surface area contributed by atoms with Crippen LogP contribution in [0.3, 0.4) is 0 Å². The second kappa shape index (κ2) is 3.46. The molecule has 1 aliphatic rings. The molecule has 0 aliphatic carbocycles. The smallest absolute Gasteiger partial charge is 0.337 e. The molecule has 4 heteroatoms. The van der Waals surface area contributed by atoms with E-state index in [1.807, 2.05) is 11.8 Å². The van der Waals surface area contributed by atoms with Crippen LogP contribution in [0.5, 0.6) is 0 Å². The fourth-order valence-electron chi connectivity index (χ4n) is 1.67. The number of rotatable bonds is 2. The SMILES string of the molecule is O=C(O)c1cc[nH]c1C1CCSC1. The highest BCUT2D eigenvalue weighted by molar-refractivity contribution is 7.99. The summed E-state index contributed by atoms with van der Waals surface area (Å²) in [4.78, 5) is 13.8. The van der Waals surface area contributed by atoms with Crippen molar-refractivity contribution in [1.82, 2.24) is 4.98 Å². The number of aromatic amines is 1. The maximum absolute atomic E-state index is 10.8. The summed E-state index contributed by atoms with van der Waals surface area (Å²) in [5.74, 6) is 1.77. The zero-order chi connectivity index (χ0) is 9.26. The second-order valence-electron chi connectivity index (χ2n) is 3.17. The number of thioether (sulfide) groups is 1. The predicted molar refractivity (Wildman–Crippen MR) is 52.4 cm³/mol. The molecule has 13 heavy (non-hydrogen) atoms. The Bertz CT molecular complexity index is 315. The van der Waals surface area contributed by atoms with E-state index in [4.69, 9.17) is 5.11 Å². The Morgan fingerprint density at radius 2 is 2.54 bits per heavy atom. The van der Waals surface area contributed by atoms with Gasteiger partial charge in [-0.1, -0.05) is 0 Å². The van der Waals surface area contributed by atoms with Gasteiger partial charge in [-0.15, -0.1) is 0 Å². The summed E-state index contributed by atoms with van der Waals surface area (Å²) in [5, 5.41) is 8.89. The van der Waals surface area contributed by atoms with Crippen LogP contribution in [0.4, 0.5) is 0 Å². The van der Waals surface area contributed by atoms with E-state index in [2.05, 4.69) is 4.98 Å². The quantitative estimate of drug-likeness (QED) is 0.761. The van der Waals surface area contributed by atoms with E-state index in [0.717, 1.165) is 23.6 Å². The summed E-state index contributed by atoms with van der Waals surface area (Å²) in [7, 11) is 0. The van der Waals surface area contributed by atoms with Crippen molar-refractivity contribution in [2.45, 2.75) is 12.3 Å². The molecular weight excluding hydrogens is 186 g/mol. The molecular formula is C9H11NO2S. The molecule has 1 atom stereocenters. The molecule has 2 rings (SSSR count). The summed E-state index contributed by atoms with van der Waals surface area (Å²) >= 11 is 1.89. The van der Waals surface area contributed by atoms with E-state index in [0.29, 0.717) is 11.5 Å². The van der Waals surface area contributed by atoms with Crippen LogP contribution in [0.2, 0.25) is 0 Å². The van der Waals surface area contributed by atoms with Crippen LogP contribution >= 0.6 is 11.8 Å². The molecule has 0 bridgehead atoms. The molecule has 3 nitrogen and oxygen atoms in total. The van der Waals surface area contributed by atoms with E-state index in [1.54, 1.807) is 12.3 Å². The van der Waals surface area contributed by atoms with Crippen molar-refractivity contribution in [3.8, 4) is 0 Å². The molecule has 0 spiro atoms. The number of carboxylic acids is 1. The highest BCUT2D eigenvalue weighted by atomic mass is 32.2. The number of carbonyl (C=O) groups is 1. The van der Waals surface area contributed by atoms with Crippen LogP contribution in [0, 0.1) is 0 Å². The van der Waals surface area contributed by atoms with Gasteiger partial charge >= 0.3 is 5.97 Å². The molecule has 0 amide bonds. The van der Waals surface area contributed by atoms with Crippen molar-refractivity contribution in [1.29, 1.82) is 0 Å². The molecule has 1 aliphatic heterocycles. The van der Waals surface area contributed by atoms with E-state index < -0.39 is 5.97 Å². The minimum absolute atomic E-state index is 0.408. The monoisotopic (exact) mass is 197 g/mol. The average molecular weight is 197 g/mol. The van der Waals surface area contributed by atoms with Gasteiger partial charge in [0.05, 0.1) is 5.56 Å². The van der Waals surface area contributed by atoms with Gasteiger partial charge in [0.1, 0.15) is 0 Å². The molecule has 2 heterocycles. The summed E-state index contributed by atoms with van der Waals surface area (Å²) in [6.07, 6.45) is 2.80. The van der Waals surface area contributed by atoms with E-state index in [-0.39, 0.29) is 0 Å². The lowest BCUT2D eigenvalue weighted by molar-refractivity contribution is 0.0695. The fraction of sp³-hybridized carbons (Fsp3) is 0.444. The number of hydrogen-bond donors (Lipinski definition) is 2. The lowest BCUT2D eigenvalue weighted by Crippen LogP contribution is -2.05. The third-order valence-electron chi connectivity index (χ3n) is 2.35. The van der Waals surface area contributed by atoms with Crippen LogP contribution in [0.1, 0.15) is 28.4 Å². The lowest BCUT2D eigenvalue weighted by atomic mass is 10.0. The summed E-state index contributed by atoms with van der Waals surface area (Å²) in [6.45, 7) is 0. The van der Waals surface area contributed by atoms with Crippen molar-refractivity contribution < 1.29 is 9.90 Å².